The predicted molar refractivity (Wildman–Crippen MR) is 97.7 cm³/mol. The van der Waals surface area contributed by atoms with Crippen molar-refractivity contribution in [1.82, 2.24) is 0 Å². The Morgan fingerprint density at radius 3 is 2.25 bits per heavy atom. The molecular weight excluding hydrogens is 302 g/mol. The molecule has 0 aromatic heterocycles. The lowest BCUT2D eigenvalue weighted by Crippen LogP contribution is -2.48. The highest BCUT2D eigenvalue weighted by molar-refractivity contribution is 5.97. The molecule has 1 amide bonds. The predicted octanol–water partition coefficient (Wildman–Crippen LogP) is 4.63. The van der Waals surface area contributed by atoms with Gasteiger partial charge in [-0.3, -0.25) is 4.79 Å². The minimum Gasteiger partial charge on any atom is -0.493 e. The quantitative estimate of drug-likeness (QED) is 0.826. The molecule has 2 rings (SSSR count). The van der Waals surface area contributed by atoms with Crippen LogP contribution in [-0.2, 0) is 9.53 Å². The SMILES string of the molecule is CCOc1c(C)cc(NC(=O)C2(OCC)CCC(C)CC2)cc1C. The Morgan fingerprint density at radius 1 is 1.17 bits per heavy atom. The average molecular weight is 333 g/mol. The van der Waals surface area contributed by atoms with E-state index < -0.39 is 5.60 Å². The highest BCUT2D eigenvalue weighted by Gasteiger charge is 2.41. The fraction of sp³-hybridized carbons (Fsp3) is 0.650. The number of aryl methyl sites for hydroxylation is 2. The van der Waals surface area contributed by atoms with E-state index in [0.717, 1.165) is 48.2 Å². The van der Waals surface area contributed by atoms with Crippen molar-refractivity contribution in [2.45, 2.75) is 65.9 Å². The molecule has 134 valence electrons. The van der Waals surface area contributed by atoms with Crippen molar-refractivity contribution in [1.29, 1.82) is 0 Å². The molecule has 0 heterocycles. The molecule has 1 aromatic carbocycles. The fourth-order valence-corrected chi connectivity index (χ4v) is 3.58. The second kappa shape index (κ2) is 8.02. The van der Waals surface area contributed by atoms with Gasteiger partial charge in [0.2, 0.25) is 0 Å². The van der Waals surface area contributed by atoms with Gasteiger partial charge in [-0.15, -0.1) is 0 Å². The van der Waals surface area contributed by atoms with Crippen molar-refractivity contribution >= 4 is 11.6 Å². The van der Waals surface area contributed by atoms with Gasteiger partial charge >= 0.3 is 0 Å². The standard InChI is InChI=1S/C20H31NO3/c1-6-23-18-15(4)12-17(13-16(18)5)21-19(22)20(24-7-2)10-8-14(3)9-11-20/h12-14H,6-11H2,1-5H3,(H,21,22). The Kier molecular flexibility index (Phi) is 6.27. The zero-order valence-electron chi connectivity index (χ0n) is 15.7. The van der Waals surface area contributed by atoms with E-state index in [4.69, 9.17) is 9.47 Å². The van der Waals surface area contributed by atoms with Crippen LogP contribution in [0, 0.1) is 19.8 Å². The van der Waals surface area contributed by atoms with Crippen LogP contribution in [0.5, 0.6) is 5.75 Å². The summed E-state index contributed by atoms with van der Waals surface area (Å²) in [5.74, 6) is 1.56. The van der Waals surface area contributed by atoms with Crippen LogP contribution in [0.1, 0.15) is 57.6 Å². The number of carbonyl (C=O) groups is 1. The van der Waals surface area contributed by atoms with E-state index in [0.29, 0.717) is 19.1 Å². The van der Waals surface area contributed by atoms with Crippen molar-refractivity contribution in [3.63, 3.8) is 0 Å². The van der Waals surface area contributed by atoms with E-state index in [9.17, 15) is 4.79 Å². The monoisotopic (exact) mass is 333 g/mol. The Balaban J connectivity index is 2.18. The van der Waals surface area contributed by atoms with E-state index in [1.54, 1.807) is 0 Å². The van der Waals surface area contributed by atoms with Gasteiger partial charge in [-0.1, -0.05) is 6.92 Å². The third-order valence-electron chi connectivity index (χ3n) is 4.92. The number of hydrogen-bond acceptors (Lipinski definition) is 3. The van der Waals surface area contributed by atoms with E-state index >= 15 is 0 Å². The Morgan fingerprint density at radius 2 is 1.75 bits per heavy atom. The van der Waals surface area contributed by atoms with Gasteiger partial charge in [0.25, 0.3) is 5.91 Å². The lowest BCUT2D eigenvalue weighted by atomic mass is 9.78. The molecule has 1 N–H and O–H groups in total. The van der Waals surface area contributed by atoms with Crippen LogP contribution >= 0.6 is 0 Å². The van der Waals surface area contributed by atoms with Crippen LogP contribution in [0.15, 0.2) is 12.1 Å². The number of carbonyl (C=O) groups excluding carboxylic acids is 1. The van der Waals surface area contributed by atoms with Crippen molar-refractivity contribution in [3.05, 3.63) is 23.3 Å². The van der Waals surface area contributed by atoms with Crippen molar-refractivity contribution in [3.8, 4) is 5.75 Å². The molecule has 1 fully saturated rings. The molecule has 4 heteroatoms. The highest BCUT2D eigenvalue weighted by atomic mass is 16.5. The molecule has 0 aliphatic heterocycles. The van der Waals surface area contributed by atoms with Crippen LogP contribution in [0.4, 0.5) is 5.69 Å². The van der Waals surface area contributed by atoms with E-state index in [1.807, 2.05) is 39.8 Å². The third kappa shape index (κ3) is 4.10. The number of rotatable bonds is 6. The van der Waals surface area contributed by atoms with Crippen LogP contribution in [0.2, 0.25) is 0 Å². The van der Waals surface area contributed by atoms with Crippen LogP contribution in [-0.4, -0.2) is 24.7 Å². The van der Waals surface area contributed by atoms with Gasteiger partial charge in [-0.05, 0) is 82.6 Å². The van der Waals surface area contributed by atoms with Crippen molar-refractivity contribution < 1.29 is 14.3 Å². The Labute approximate surface area is 145 Å². The summed E-state index contributed by atoms with van der Waals surface area (Å²) in [6.07, 6.45) is 3.66. The molecule has 0 saturated heterocycles. The Bertz CT molecular complexity index is 551. The maximum absolute atomic E-state index is 13.0. The minimum atomic E-state index is -0.679. The molecule has 0 spiro atoms. The highest BCUT2D eigenvalue weighted by Crippen LogP contribution is 2.36. The molecule has 1 aliphatic rings. The Hall–Kier alpha value is -1.55. The number of benzene rings is 1. The third-order valence-corrected chi connectivity index (χ3v) is 4.92. The fourth-order valence-electron chi connectivity index (χ4n) is 3.58. The van der Waals surface area contributed by atoms with Crippen LogP contribution in [0.25, 0.3) is 0 Å². The second-order valence-electron chi connectivity index (χ2n) is 6.94. The van der Waals surface area contributed by atoms with Gasteiger partial charge in [0, 0.05) is 12.3 Å². The summed E-state index contributed by atoms with van der Waals surface area (Å²) in [5, 5.41) is 3.08. The largest absolute Gasteiger partial charge is 0.493 e. The minimum absolute atomic E-state index is 0.0146. The summed E-state index contributed by atoms with van der Waals surface area (Å²) < 4.78 is 11.6. The first-order chi connectivity index (χ1) is 11.4. The number of ether oxygens (including phenoxy) is 2. The average Bonchev–Trinajstić information content (AvgIpc) is 2.53. The summed E-state index contributed by atoms with van der Waals surface area (Å²) in [4.78, 5) is 13.0. The van der Waals surface area contributed by atoms with Gasteiger partial charge in [-0.25, -0.2) is 0 Å². The first-order valence-electron chi connectivity index (χ1n) is 9.11. The summed E-state index contributed by atoms with van der Waals surface area (Å²) in [7, 11) is 0. The number of hydrogen-bond donors (Lipinski definition) is 1. The molecule has 24 heavy (non-hydrogen) atoms. The number of anilines is 1. The number of amides is 1. The molecule has 0 radical (unpaired) electrons. The zero-order chi connectivity index (χ0) is 17.7. The lowest BCUT2D eigenvalue weighted by molar-refractivity contribution is -0.146. The maximum atomic E-state index is 13.0. The smallest absolute Gasteiger partial charge is 0.256 e. The van der Waals surface area contributed by atoms with Gasteiger partial charge in [0.15, 0.2) is 0 Å². The topological polar surface area (TPSA) is 47.6 Å². The number of nitrogens with one attached hydrogen (secondary N) is 1. The summed E-state index contributed by atoms with van der Waals surface area (Å²) in [5.41, 5.74) is 2.21. The van der Waals surface area contributed by atoms with E-state index in [-0.39, 0.29) is 5.91 Å². The molecule has 1 aromatic rings. The van der Waals surface area contributed by atoms with Gasteiger partial charge in [-0.2, -0.15) is 0 Å². The van der Waals surface area contributed by atoms with Crippen molar-refractivity contribution in [2.75, 3.05) is 18.5 Å². The molecule has 4 nitrogen and oxygen atoms in total. The molecule has 0 bridgehead atoms. The molecule has 1 saturated carbocycles. The van der Waals surface area contributed by atoms with Gasteiger partial charge in [0.05, 0.1) is 6.61 Å². The van der Waals surface area contributed by atoms with Gasteiger partial charge in [0.1, 0.15) is 11.4 Å². The summed E-state index contributed by atoms with van der Waals surface area (Å²) in [6.45, 7) is 11.4. The second-order valence-corrected chi connectivity index (χ2v) is 6.94. The first kappa shape index (κ1) is 18.8. The van der Waals surface area contributed by atoms with Crippen LogP contribution in [0.3, 0.4) is 0 Å². The molecule has 0 atom stereocenters. The molecule has 1 aliphatic carbocycles. The maximum Gasteiger partial charge on any atom is 0.256 e. The van der Waals surface area contributed by atoms with Crippen molar-refractivity contribution in [2.24, 2.45) is 5.92 Å². The van der Waals surface area contributed by atoms with Gasteiger partial charge < -0.3 is 14.8 Å². The first-order valence-corrected chi connectivity index (χ1v) is 9.11. The lowest BCUT2D eigenvalue weighted by Gasteiger charge is -2.37. The zero-order valence-corrected chi connectivity index (χ0v) is 15.7. The van der Waals surface area contributed by atoms with E-state index in [1.165, 1.54) is 0 Å². The normalized spacial score (nSPS) is 23.8. The van der Waals surface area contributed by atoms with Crippen LogP contribution < -0.4 is 10.1 Å². The molecular formula is C20H31NO3. The summed E-state index contributed by atoms with van der Waals surface area (Å²) >= 11 is 0. The molecule has 0 unspecified atom stereocenters. The summed E-state index contributed by atoms with van der Waals surface area (Å²) in [6, 6.07) is 3.95. The van der Waals surface area contributed by atoms with E-state index in [2.05, 4.69) is 12.2 Å².